The Labute approximate surface area is 164 Å². The second-order valence-corrected chi connectivity index (χ2v) is 8.33. The fraction of sp³-hybridized carbons (Fsp3) is 0.609. The summed E-state index contributed by atoms with van der Waals surface area (Å²) in [5.41, 5.74) is 1.47. The molecule has 0 bridgehead atoms. The summed E-state index contributed by atoms with van der Waals surface area (Å²) in [5, 5.41) is 0. The van der Waals surface area contributed by atoms with Crippen molar-refractivity contribution in [1.29, 1.82) is 0 Å². The van der Waals surface area contributed by atoms with Gasteiger partial charge in [-0.15, -0.1) is 0 Å². The highest BCUT2D eigenvalue weighted by Crippen LogP contribution is 2.32. The molecule has 146 valence electrons. The van der Waals surface area contributed by atoms with Crippen molar-refractivity contribution >= 4 is 0 Å². The Kier molecular flexibility index (Phi) is 6.25. The van der Waals surface area contributed by atoms with Gasteiger partial charge in [0.15, 0.2) is 0 Å². The Balaban J connectivity index is 1.20. The molecule has 0 aliphatic carbocycles. The molecule has 0 spiro atoms. The molecular formula is C23H34N4. The van der Waals surface area contributed by atoms with Crippen molar-refractivity contribution in [2.75, 3.05) is 32.7 Å². The topological polar surface area (TPSA) is 24.3 Å². The maximum Gasteiger partial charge on any atom is 0.122 e. The van der Waals surface area contributed by atoms with Crippen molar-refractivity contribution in [3.8, 4) is 0 Å². The molecule has 0 radical (unpaired) electrons. The monoisotopic (exact) mass is 366 g/mol. The predicted octanol–water partition coefficient (Wildman–Crippen LogP) is 3.68. The van der Waals surface area contributed by atoms with Crippen molar-refractivity contribution in [1.82, 2.24) is 19.4 Å². The lowest BCUT2D eigenvalue weighted by molar-refractivity contribution is 0.138. The van der Waals surface area contributed by atoms with E-state index in [1.807, 2.05) is 6.20 Å². The number of nitrogens with zero attached hydrogens (tertiary/aromatic N) is 4. The first kappa shape index (κ1) is 18.7. The molecule has 4 rings (SSSR count). The molecule has 2 saturated heterocycles. The van der Waals surface area contributed by atoms with Gasteiger partial charge in [-0.25, -0.2) is 4.98 Å². The number of hydrogen-bond acceptors (Lipinski definition) is 3. The van der Waals surface area contributed by atoms with Gasteiger partial charge < -0.3 is 9.47 Å². The van der Waals surface area contributed by atoms with Crippen LogP contribution in [0.15, 0.2) is 42.7 Å². The number of aromatic nitrogens is 2. The molecular weight excluding hydrogens is 332 g/mol. The largest absolute Gasteiger partial charge is 0.334 e. The molecule has 1 aromatic carbocycles. The van der Waals surface area contributed by atoms with Crippen LogP contribution in [0.4, 0.5) is 0 Å². The first-order valence-corrected chi connectivity index (χ1v) is 10.8. The fourth-order valence-corrected chi connectivity index (χ4v) is 4.94. The minimum absolute atomic E-state index is 0.917. The summed E-state index contributed by atoms with van der Waals surface area (Å²) < 4.78 is 2.27. The van der Waals surface area contributed by atoms with Crippen LogP contribution in [0, 0.1) is 11.8 Å². The first-order chi connectivity index (χ1) is 13.3. The van der Waals surface area contributed by atoms with Gasteiger partial charge in [0, 0.05) is 32.0 Å². The Morgan fingerprint density at radius 3 is 2.48 bits per heavy atom. The molecule has 0 saturated carbocycles. The number of benzene rings is 1. The second kappa shape index (κ2) is 9.03. The van der Waals surface area contributed by atoms with Crippen LogP contribution in [0.1, 0.15) is 37.6 Å². The molecule has 4 heteroatoms. The SMILES string of the molecule is CCn1ccnc1CN1CCC([C@@H]2CCN(CCc3ccccc3)C2)CC1. The number of likely N-dealkylation sites (tertiary alicyclic amines) is 2. The van der Waals surface area contributed by atoms with Gasteiger partial charge in [-0.3, -0.25) is 4.90 Å². The summed E-state index contributed by atoms with van der Waals surface area (Å²) >= 11 is 0. The van der Waals surface area contributed by atoms with E-state index in [1.54, 1.807) is 0 Å². The van der Waals surface area contributed by atoms with Crippen molar-refractivity contribution in [2.45, 2.75) is 45.7 Å². The molecule has 2 aliphatic rings. The zero-order valence-corrected chi connectivity index (χ0v) is 16.8. The Morgan fingerprint density at radius 1 is 0.963 bits per heavy atom. The average Bonchev–Trinajstić information content (AvgIpc) is 3.37. The minimum atomic E-state index is 0.917. The summed E-state index contributed by atoms with van der Waals surface area (Å²) in [6.07, 6.45) is 9.36. The van der Waals surface area contributed by atoms with Crippen molar-refractivity contribution in [2.24, 2.45) is 11.8 Å². The highest BCUT2D eigenvalue weighted by molar-refractivity contribution is 5.14. The molecule has 0 unspecified atom stereocenters. The van der Waals surface area contributed by atoms with E-state index >= 15 is 0 Å². The Morgan fingerprint density at radius 2 is 1.70 bits per heavy atom. The fourth-order valence-electron chi connectivity index (χ4n) is 4.94. The lowest BCUT2D eigenvalue weighted by atomic mass is 9.84. The van der Waals surface area contributed by atoms with Gasteiger partial charge in [-0.2, -0.15) is 0 Å². The average molecular weight is 367 g/mol. The quantitative estimate of drug-likeness (QED) is 0.747. The Bertz CT molecular complexity index is 687. The van der Waals surface area contributed by atoms with Crippen LogP contribution in [0.2, 0.25) is 0 Å². The molecule has 2 aliphatic heterocycles. The number of piperidine rings is 1. The molecule has 2 aromatic rings. The van der Waals surface area contributed by atoms with E-state index in [9.17, 15) is 0 Å². The van der Waals surface area contributed by atoms with Crippen LogP contribution in [0.5, 0.6) is 0 Å². The van der Waals surface area contributed by atoms with Gasteiger partial charge in [-0.05, 0) is 69.6 Å². The zero-order chi connectivity index (χ0) is 18.5. The summed E-state index contributed by atoms with van der Waals surface area (Å²) in [6, 6.07) is 10.9. The number of hydrogen-bond donors (Lipinski definition) is 0. The molecule has 4 nitrogen and oxygen atoms in total. The van der Waals surface area contributed by atoms with Crippen molar-refractivity contribution in [3.63, 3.8) is 0 Å². The lowest BCUT2D eigenvalue weighted by Gasteiger charge is -2.34. The van der Waals surface area contributed by atoms with E-state index in [2.05, 4.69) is 62.8 Å². The third-order valence-electron chi connectivity index (χ3n) is 6.67. The standard InChI is InChI=1S/C23H34N4/c1-2-27-17-12-24-23(27)19-26-14-9-21(10-15-26)22-11-16-25(18-22)13-8-20-6-4-3-5-7-20/h3-7,12,17,21-22H,2,8-11,13-16,18-19H2,1H3/t22-/m1/s1. The zero-order valence-electron chi connectivity index (χ0n) is 16.8. The lowest BCUT2D eigenvalue weighted by Crippen LogP contribution is -2.37. The summed E-state index contributed by atoms with van der Waals surface area (Å²) in [5.74, 6) is 3.07. The van der Waals surface area contributed by atoms with Gasteiger partial charge in [0.05, 0.1) is 6.54 Å². The van der Waals surface area contributed by atoms with Gasteiger partial charge in [0.1, 0.15) is 5.82 Å². The number of aryl methyl sites for hydroxylation is 1. The van der Waals surface area contributed by atoms with Crippen molar-refractivity contribution in [3.05, 3.63) is 54.1 Å². The molecule has 2 fully saturated rings. The highest BCUT2D eigenvalue weighted by Gasteiger charge is 2.31. The van der Waals surface area contributed by atoms with Crippen LogP contribution < -0.4 is 0 Å². The van der Waals surface area contributed by atoms with E-state index in [0.29, 0.717) is 0 Å². The first-order valence-electron chi connectivity index (χ1n) is 10.8. The highest BCUT2D eigenvalue weighted by atomic mass is 15.2. The minimum Gasteiger partial charge on any atom is -0.334 e. The molecule has 1 aromatic heterocycles. The van der Waals surface area contributed by atoms with Gasteiger partial charge in [-0.1, -0.05) is 30.3 Å². The van der Waals surface area contributed by atoms with Crippen LogP contribution in [0.25, 0.3) is 0 Å². The summed E-state index contributed by atoms with van der Waals surface area (Å²) in [7, 11) is 0. The van der Waals surface area contributed by atoms with Gasteiger partial charge in [0.2, 0.25) is 0 Å². The molecule has 3 heterocycles. The summed E-state index contributed by atoms with van der Waals surface area (Å²) in [4.78, 5) is 9.85. The van der Waals surface area contributed by atoms with E-state index in [4.69, 9.17) is 0 Å². The van der Waals surface area contributed by atoms with Gasteiger partial charge in [0.25, 0.3) is 0 Å². The number of rotatable bonds is 7. The maximum absolute atomic E-state index is 4.55. The van der Waals surface area contributed by atoms with E-state index < -0.39 is 0 Å². The molecule has 0 amide bonds. The van der Waals surface area contributed by atoms with Crippen LogP contribution >= 0.6 is 0 Å². The van der Waals surface area contributed by atoms with Crippen LogP contribution in [0.3, 0.4) is 0 Å². The summed E-state index contributed by atoms with van der Waals surface area (Å²) in [6.45, 7) is 10.5. The predicted molar refractivity (Wildman–Crippen MR) is 111 cm³/mol. The van der Waals surface area contributed by atoms with E-state index in [1.165, 1.54) is 69.8 Å². The van der Waals surface area contributed by atoms with E-state index in [0.717, 1.165) is 24.9 Å². The van der Waals surface area contributed by atoms with Crippen molar-refractivity contribution < 1.29 is 0 Å². The second-order valence-electron chi connectivity index (χ2n) is 8.33. The third kappa shape index (κ3) is 4.80. The molecule has 27 heavy (non-hydrogen) atoms. The smallest absolute Gasteiger partial charge is 0.122 e. The normalized spacial score (nSPS) is 22.5. The van der Waals surface area contributed by atoms with E-state index in [-0.39, 0.29) is 0 Å². The number of imidazole rings is 1. The van der Waals surface area contributed by atoms with Crippen LogP contribution in [-0.4, -0.2) is 52.1 Å². The third-order valence-corrected chi connectivity index (χ3v) is 6.67. The molecule has 0 N–H and O–H groups in total. The molecule has 1 atom stereocenters. The maximum atomic E-state index is 4.55. The van der Waals surface area contributed by atoms with Crippen LogP contribution in [-0.2, 0) is 19.5 Å². The Hall–Kier alpha value is -1.65. The van der Waals surface area contributed by atoms with Gasteiger partial charge >= 0.3 is 0 Å².